The second-order valence-electron chi connectivity index (χ2n) is 5.07. The molecular formula is C18H24OS. The van der Waals surface area contributed by atoms with Gasteiger partial charge in [0.15, 0.2) is 0 Å². The van der Waals surface area contributed by atoms with Crippen molar-refractivity contribution < 1.29 is 4.74 Å². The van der Waals surface area contributed by atoms with E-state index in [9.17, 15) is 0 Å². The zero-order chi connectivity index (χ0) is 14.2. The third kappa shape index (κ3) is 4.45. The standard InChI is InChI=1S/C18H24OS/c1-3-5-11-19-17-9-7-16-14-18(20-12-6-4-2)10-8-15(16)13-17/h7-10,13-14H,3-6,11-12H2,1-2H3. The van der Waals surface area contributed by atoms with Crippen LogP contribution < -0.4 is 4.74 Å². The summed E-state index contributed by atoms with van der Waals surface area (Å²) in [6, 6.07) is 13.1. The summed E-state index contributed by atoms with van der Waals surface area (Å²) in [5, 5.41) is 2.56. The van der Waals surface area contributed by atoms with Gasteiger partial charge in [-0.05, 0) is 53.6 Å². The Kier molecular flexibility index (Phi) is 6.25. The van der Waals surface area contributed by atoms with Crippen LogP contribution in [0.4, 0.5) is 0 Å². The van der Waals surface area contributed by atoms with Crippen LogP contribution in [0.2, 0.25) is 0 Å². The molecule has 0 aliphatic rings. The van der Waals surface area contributed by atoms with E-state index in [2.05, 4.69) is 50.2 Å². The molecule has 0 heterocycles. The van der Waals surface area contributed by atoms with E-state index in [1.165, 1.54) is 40.7 Å². The molecule has 0 N–H and O–H groups in total. The lowest BCUT2D eigenvalue weighted by Gasteiger charge is -2.08. The number of hydrogen-bond donors (Lipinski definition) is 0. The third-order valence-electron chi connectivity index (χ3n) is 3.32. The van der Waals surface area contributed by atoms with Crippen molar-refractivity contribution in [2.75, 3.05) is 12.4 Å². The number of hydrogen-bond acceptors (Lipinski definition) is 2. The Morgan fingerprint density at radius 1 is 0.900 bits per heavy atom. The first-order valence-corrected chi connectivity index (χ1v) is 8.61. The van der Waals surface area contributed by atoms with E-state index in [0.717, 1.165) is 18.8 Å². The van der Waals surface area contributed by atoms with Crippen molar-refractivity contribution in [3.8, 4) is 5.75 Å². The van der Waals surface area contributed by atoms with Gasteiger partial charge in [-0.25, -0.2) is 0 Å². The van der Waals surface area contributed by atoms with Gasteiger partial charge in [0.1, 0.15) is 5.75 Å². The van der Waals surface area contributed by atoms with Crippen molar-refractivity contribution in [3.05, 3.63) is 36.4 Å². The minimum Gasteiger partial charge on any atom is -0.494 e. The van der Waals surface area contributed by atoms with Crippen LogP contribution in [0, 0.1) is 0 Å². The topological polar surface area (TPSA) is 9.23 Å². The Balaban J connectivity index is 2.04. The summed E-state index contributed by atoms with van der Waals surface area (Å²) < 4.78 is 5.76. The van der Waals surface area contributed by atoms with E-state index in [1.807, 2.05) is 11.8 Å². The summed E-state index contributed by atoms with van der Waals surface area (Å²) in [5.74, 6) is 2.19. The van der Waals surface area contributed by atoms with Crippen LogP contribution in [-0.2, 0) is 0 Å². The maximum atomic E-state index is 5.76. The highest BCUT2D eigenvalue weighted by atomic mass is 32.2. The van der Waals surface area contributed by atoms with Gasteiger partial charge in [0.25, 0.3) is 0 Å². The predicted molar refractivity (Wildman–Crippen MR) is 90.0 cm³/mol. The van der Waals surface area contributed by atoms with Crippen LogP contribution >= 0.6 is 11.8 Å². The molecule has 0 aliphatic carbocycles. The van der Waals surface area contributed by atoms with Crippen LogP contribution in [-0.4, -0.2) is 12.4 Å². The average Bonchev–Trinajstić information content (AvgIpc) is 2.48. The van der Waals surface area contributed by atoms with Gasteiger partial charge < -0.3 is 4.74 Å². The maximum Gasteiger partial charge on any atom is 0.119 e. The van der Waals surface area contributed by atoms with E-state index < -0.39 is 0 Å². The van der Waals surface area contributed by atoms with Gasteiger partial charge in [-0.3, -0.25) is 0 Å². The van der Waals surface area contributed by atoms with Crippen LogP contribution in [0.15, 0.2) is 41.3 Å². The summed E-state index contributed by atoms with van der Waals surface area (Å²) >= 11 is 1.95. The molecule has 2 rings (SSSR count). The van der Waals surface area contributed by atoms with Gasteiger partial charge in [-0.1, -0.05) is 38.8 Å². The molecule has 0 aliphatic heterocycles. The zero-order valence-corrected chi connectivity index (χ0v) is 13.3. The monoisotopic (exact) mass is 288 g/mol. The second kappa shape index (κ2) is 8.21. The molecule has 0 atom stereocenters. The Hall–Kier alpha value is -1.15. The smallest absolute Gasteiger partial charge is 0.119 e. The quantitative estimate of drug-likeness (QED) is 0.441. The molecule has 2 aromatic carbocycles. The molecule has 20 heavy (non-hydrogen) atoms. The van der Waals surface area contributed by atoms with Crippen molar-refractivity contribution in [2.45, 2.75) is 44.4 Å². The summed E-state index contributed by atoms with van der Waals surface area (Å²) in [5.41, 5.74) is 0. The largest absolute Gasteiger partial charge is 0.494 e. The summed E-state index contributed by atoms with van der Waals surface area (Å²) in [6.07, 6.45) is 4.84. The molecule has 0 spiro atoms. The van der Waals surface area contributed by atoms with Gasteiger partial charge in [-0.2, -0.15) is 0 Å². The highest BCUT2D eigenvalue weighted by molar-refractivity contribution is 7.99. The molecule has 108 valence electrons. The van der Waals surface area contributed by atoms with Crippen LogP contribution in [0.1, 0.15) is 39.5 Å². The van der Waals surface area contributed by atoms with Gasteiger partial charge >= 0.3 is 0 Å². The predicted octanol–water partition coefficient (Wildman–Crippen LogP) is 5.91. The highest BCUT2D eigenvalue weighted by Gasteiger charge is 2.00. The number of thioether (sulfide) groups is 1. The SMILES string of the molecule is CCCCOc1ccc2cc(SCCCC)ccc2c1. The van der Waals surface area contributed by atoms with E-state index in [0.29, 0.717) is 0 Å². The van der Waals surface area contributed by atoms with Crippen molar-refractivity contribution in [1.82, 2.24) is 0 Å². The molecule has 0 aromatic heterocycles. The van der Waals surface area contributed by atoms with E-state index in [4.69, 9.17) is 4.74 Å². The first kappa shape index (κ1) is 15.2. The Labute approximate surface area is 126 Å². The number of rotatable bonds is 8. The Morgan fingerprint density at radius 3 is 2.45 bits per heavy atom. The van der Waals surface area contributed by atoms with E-state index in [1.54, 1.807) is 0 Å². The molecule has 2 aromatic rings. The van der Waals surface area contributed by atoms with Crippen molar-refractivity contribution in [2.24, 2.45) is 0 Å². The summed E-state index contributed by atoms with van der Waals surface area (Å²) in [6.45, 7) is 5.23. The zero-order valence-electron chi connectivity index (χ0n) is 12.5. The van der Waals surface area contributed by atoms with Crippen molar-refractivity contribution in [1.29, 1.82) is 0 Å². The molecule has 0 amide bonds. The number of benzene rings is 2. The van der Waals surface area contributed by atoms with Gasteiger partial charge in [0.05, 0.1) is 6.61 Å². The number of unbranched alkanes of at least 4 members (excludes halogenated alkanes) is 2. The molecule has 0 saturated carbocycles. The first-order valence-electron chi connectivity index (χ1n) is 7.63. The highest BCUT2D eigenvalue weighted by Crippen LogP contribution is 2.27. The summed E-state index contributed by atoms with van der Waals surface area (Å²) in [7, 11) is 0. The fourth-order valence-corrected chi connectivity index (χ4v) is 3.09. The number of ether oxygens (including phenoxy) is 1. The molecular weight excluding hydrogens is 264 g/mol. The van der Waals surface area contributed by atoms with Crippen LogP contribution in [0.5, 0.6) is 5.75 Å². The lowest BCUT2D eigenvalue weighted by molar-refractivity contribution is 0.310. The Bertz CT molecular complexity index is 487. The van der Waals surface area contributed by atoms with E-state index in [-0.39, 0.29) is 0 Å². The third-order valence-corrected chi connectivity index (χ3v) is 4.40. The normalized spacial score (nSPS) is 10.9. The molecule has 0 saturated heterocycles. The first-order chi connectivity index (χ1) is 9.83. The molecule has 0 fully saturated rings. The van der Waals surface area contributed by atoms with Gasteiger partial charge in [0.2, 0.25) is 0 Å². The molecule has 2 heteroatoms. The fraction of sp³-hybridized carbons (Fsp3) is 0.444. The van der Waals surface area contributed by atoms with Crippen molar-refractivity contribution >= 4 is 22.5 Å². The maximum absolute atomic E-state index is 5.76. The molecule has 0 radical (unpaired) electrons. The van der Waals surface area contributed by atoms with Gasteiger partial charge in [0, 0.05) is 4.90 Å². The minimum absolute atomic E-state index is 0.812. The lowest BCUT2D eigenvalue weighted by Crippen LogP contribution is -1.95. The van der Waals surface area contributed by atoms with Crippen LogP contribution in [0.25, 0.3) is 10.8 Å². The van der Waals surface area contributed by atoms with Crippen molar-refractivity contribution in [3.63, 3.8) is 0 Å². The van der Waals surface area contributed by atoms with Crippen LogP contribution in [0.3, 0.4) is 0 Å². The molecule has 0 bridgehead atoms. The molecule has 1 nitrogen and oxygen atoms in total. The Morgan fingerprint density at radius 2 is 1.65 bits per heavy atom. The molecule has 0 unspecified atom stereocenters. The van der Waals surface area contributed by atoms with Gasteiger partial charge in [-0.15, -0.1) is 11.8 Å². The average molecular weight is 288 g/mol. The fourth-order valence-electron chi connectivity index (χ4n) is 2.05. The summed E-state index contributed by atoms with van der Waals surface area (Å²) in [4.78, 5) is 1.37. The number of fused-ring (bicyclic) bond motifs is 1. The second-order valence-corrected chi connectivity index (χ2v) is 6.24. The minimum atomic E-state index is 0.812. The lowest BCUT2D eigenvalue weighted by atomic mass is 10.1. The van der Waals surface area contributed by atoms with E-state index >= 15 is 0 Å².